The van der Waals surface area contributed by atoms with Crippen LogP contribution in [0.1, 0.15) is 343 Å². The first-order valence-corrected chi connectivity index (χ1v) is 30.2. The van der Waals surface area contributed by atoms with Crippen LogP contribution < -0.4 is 0 Å². The first kappa shape index (κ1) is 65.4. The third-order valence-electron chi connectivity index (χ3n) is 14.0. The van der Waals surface area contributed by atoms with Crippen molar-refractivity contribution in [1.82, 2.24) is 0 Å². The Labute approximate surface area is 418 Å². The molecule has 0 aliphatic rings. The fourth-order valence-corrected chi connectivity index (χ4v) is 9.40. The van der Waals surface area contributed by atoms with Crippen molar-refractivity contribution in [3.05, 3.63) is 0 Å². The highest BCUT2D eigenvalue weighted by Gasteiger charge is 2.19. The molecule has 0 aliphatic heterocycles. The van der Waals surface area contributed by atoms with Gasteiger partial charge in [-0.2, -0.15) is 0 Å². The molecule has 0 radical (unpaired) electrons. The first-order valence-electron chi connectivity index (χ1n) is 30.2. The van der Waals surface area contributed by atoms with Gasteiger partial charge in [0.15, 0.2) is 6.10 Å². The summed E-state index contributed by atoms with van der Waals surface area (Å²) in [6.45, 7) is 11.4. The monoisotopic (exact) mass is 947 g/mol. The van der Waals surface area contributed by atoms with Gasteiger partial charge in [-0.05, 0) is 31.1 Å². The lowest BCUT2D eigenvalue weighted by molar-refractivity contribution is -0.167. The molecule has 0 N–H and O–H groups in total. The van der Waals surface area contributed by atoms with E-state index in [1.807, 2.05) is 0 Å². The van der Waals surface area contributed by atoms with Crippen LogP contribution in [0.25, 0.3) is 0 Å². The molecule has 0 saturated carbocycles. The van der Waals surface area contributed by atoms with Gasteiger partial charge in [0.1, 0.15) is 13.2 Å². The second-order valence-corrected chi connectivity index (χ2v) is 21.9. The standard InChI is InChI=1S/C61H118O6/c1-6-7-8-9-10-11-12-13-14-20-23-26-31-36-41-46-51-59(62)65-54-58(55-66-60(63)52-47-42-37-33-28-30-35-40-45-50-57(4)5)67-61(64)53-48-43-38-32-27-24-21-18-16-15-17-19-22-25-29-34-39-44-49-56(2)3/h56-58H,6-55H2,1-5H3/t58-/m1/s1. The summed E-state index contributed by atoms with van der Waals surface area (Å²) in [7, 11) is 0. The molecule has 1 atom stereocenters. The summed E-state index contributed by atoms with van der Waals surface area (Å²) < 4.78 is 16.9. The van der Waals surface area contributed by atoms with E-state index in [1.54, 1.807) is 0 Å². The molecular formula is C61H118O6. The van der Waals surface area contributed by atoms with Gasteiger partial charge in [-0.15, -0.1) is 0 Å². The van der Waals surface area contributed by atoms with E-state index in [1.165, 1.54) is 231 Å². The van der Waals surface area contributed by atoms with Gasteiger partial charge in [-0.1, -0.05) is 304 Å². The molecule has 0 aliphatic carbocycles. The van der Waals surface area contributed by atoms with Crippen molar-refractivity contribution in [2.45, 2.75) is 349 Å². The molecule has 67 heavy (non-hydrogen) atoms. The maximum absolute atomic E-state index is 12.9. The molecule has 398 valence electrons. The summed E-state index contributed by atoms with van der Waals surface area (Å²) in [4.78, 5) is 38.2. The molecule has 0 aromatic rings. The van der Waals surface area contributed by atoms with Crippen LogP contribution in [0.5, 0.6) is 0 Å². The minimum atomic E-state index is -0.763. The Bertz CT molecular complexity index is 1020. The van der Waals surface area contributed by atoms with Crippen LogP contribution >= 0.6 is 0 Å². The van der Waals surface area contributed by atoms with Crippen LogP contribution in [-0.2, 0) is 28.6 Å². The highest BCUT2D eigenvalue weighted by molar-refractivity contribution is 5.71. The van der Waals surface area contributed by atoms with Gasteiger partial charge >= 0.3 is 17.9 Å². The van der Waals surface area contributed by atoms with Crippen molar-refractivity contribution in [3.63, 3.8) is 0 Å². The van der Waals surface area contributed by atoms with E-state index < -0.39 is 6.10 Å². The first-order chi connectivity index (χ1) is 32.7. The second-order valence-electron chi connectivity index (χ2n) is 21.9. The Morgan fingerprint density at radius 2 is 0.493 bits per heavy atom. The van der Waals surface area contributed by atoms with Gasteiger partial charge in [0.2, 0.25) is 0 Å². The van der Waals surface area contributed by atoms with Crippen molar-refractivity contribution < 1.29 is 28.6 Å². The molecule has 0 spiro atoms. The van der Waals surface area contributed by atoms with E-state index >= 15 is 0 Å². The highest BCUT2D eigenvalue weighted by Crippen LogP contribution is 2.18. The quantitative estimate of drug-likeness (QED) is 0.0343. The van der Waals surface area contributed by atoms with Gasteiger partial charge in [-0.3, -0.25) is 14.4 Å². The maximum Gasteiger partial charge on any atom is 0.306 e. The molecule has 0 fully saturated rings. The van der Waals surface area contributed by atoms with Crippen LogP contribution in [0.4, 0.5) is 0 Å². The summed E-state index contributed by atoms with van der Waals surface area (Å²) in [5, 5.41) is 0. The number of hydrogen-bond acceptors (Lipinski definition) is 6. The van der Waals surface area contributed by atoms with Crippen LogP contribution in [-0.4, -0.2) is 37.2 Å². The predicted molar refractivity (Wildman–Crippen MR) is 289 cm³/mol. The predicted octanol–water partition coefficient (Wildman–Crippen LogP) is 20.0. The minimum absolute atomic E-state index is 0.0625. The molecule has 0 unspecified atom stereocenters. The molecule has 0 saturated heterocycles. The molecule has 0 heterocycles. The zero-order chi connectivity index (χ0) is 48.9. The summed E-state index contributed by atoms with van der Waals surface area (Å²) in [5.74, 6) is 0.829. The summed E-state index contributed by atoms with van der Waals surface area (Å²) in [6.07, 6.45) is 58.2. The van der Waals surface area contributed by atoms with Crippen LogP contribution in [0, 0.1) is 11.8 Å². The lowest BCUT2D eigenvalue weighted by Crippen LogP contribution is -2.30. The fourth-order valence-electron chi connectivity index (χ4n) is 9.40. The molecule has 6 heteroatoms. The van der Waals surface area contributed by atoms with Crippen molar-refractivity contribution in [2.75, 3.05) is 13.2 Å². The zero-order valence-electron chi connectivity index (χ0n) is 46.0. The number of hydrogen-bond donors (Lipinski definition) is 0. The van der Waals surface area contributed by atoms with Gasteiger partial charge < -0.3 is 14.2 Å². The van der Waals surface area contributed by atoms with Crippen LogP contribution in [0.3, 0.4) is 0 Å². The molecule has 0 aromatic heterocycles. The maximum atomic E-state index is 12.9. The molecular weight excluding hydrogens is 829 g/mol. The Morgan fingerprint density at radius 1 is 0.284 bits per heavy atom. The summed E-state index contributed by atoms with van der Waals surface area (Å²) in [5.41, 5.74) is 0. The van der Waals surface area contributed by atoms with E-state index in [-0.39, 0.29) is 31.1 Å². The number of ether oxygens (including phenoxy) is 3. The lowest BCUT2D eigenvalue weighted by Gasteiger charge is -2.18. The second kappa shape index (κ2) is 53.8. The Kier molecular flexibility index (Phi) is 52.5. The number of esters is 3. The largest absolute Gasteiger partial charge is 0.462 e. The number of carbonyl (C=O) groups is 3. The van der Waals surface area contributed by atoms with E-state index in [0.29, 0.717) is 19.3 Å². The molecule has 0 bridgehead atoms. The van der Waals surface area contributed by atoms with E-state index in [9.17, 15) is 14.4 Å². The zero-order valence-corrected chi connectivity index (χ0v) is 46.0. The minimum Gasteiger partial charge on any atom is -0.462 e. The van der Waals surface area contributed by atoms with Crippen molar-refractivity contribution >= 4 is 17.9 Å². The van der Waals surface area contributed by atoms with Gasteiger partial charge in [0, 0.05) is 19.3 Å². The normalized spacial score (nSPS) is 12.0. The summed E-state index contributed by atoms with van der Waals surface area (Å²) in [6, 6.07) is 0. The number of unbranched alkanes of at least 4 members (excludes halogenated alkanes) is 40. The summed E-state index contributed by atoms with van der Waals surface area (Å²) >= 11 is 0. The lowest BCUT2D eigenvalue weighted by atomic mass is 10.0. The van der Waals surface area contributed by atoms with Gasteiger partial charge in [0.05, 0.1) is 0 Å². The Balaban J connectivity index is 4.25. The van der Waals surface area contributed by atoms with Crippen LogP contribution in [0.15, 0.2) is 0 Å². The molecule has 6 nitrogen and oxygen atoms in total. The molecule has 0 amide bonds. The topological polar surface area (TPSA) is 78.9 Å². The van der Waals surface area contributed by atoms with Gasteiger partial charge in [0.25, 0.3) is 0 Å². The smallest absolute Gasteiger partial charge is 0.306 e. The Hall–Kier alpha value is -1.59. The van der Waals surface area contributed by atoms with E-state index in [4.69, 9.17) is 14.2 Å². The van der Waals surface area contributed by atoms with Gasteiger partial charge in [-0.25, -0.2) is 0 Å². The number of carbonyl (C=O) groups excluding carboxylic acids is 3. The third-order valence-corrected chi connectivity index (χ3v) is 14.0. The van der Waals surface area contributed by atoms with E-state index in [2.05, 4.69) is 34.6 Å². The van der Waals surface area contributed by atoms with Crippen molar-refractivity contribution in [2.24, 2.45) is 11.8 Å². The molecule has 0 rings (SSSR count). The molecule has 0 aromatic carbocycles. The van der Waals surface area contributed by atoms with Crippen molar-refractivity contribution in [1.29, 1.82) is 0 Å². The Morgan fingerprint density at radius 3 is 0.731 bits per heavy atom. The van der Waals surface area contributed by atoms with Crippen molar-refractivity contribution in [3.8, 4) is 0 Å². The number of rotatable bonds is 55. The SMILES string of the molecule is CCCCCCCCCCCCCCCCCCC(=O)OC[C@H](COC(=O)CCCCCCCCCCCC(C)C)OC(=O)CCCCCCCCCCCCCCCCCCCCC(C)C. The van der Waals surface area contributed by atoms with Crippen LogP contribution in [0.2, 0.25) is 0 Å². The van der Waals surface area contributed by atoms with E-state index in [0.717, 1.165) is 69.6 Å². The highest BCUT2D eigenvalue weighted by atomic mass is 16.6. The average molecular weight is 948 g/mol. The third kappa shape index (κ3) is 55.2. The fraction of sp³-hybridized carbons (Fsp3) is 0.951. The average Bonchev–Trinajstić information content (AvgIpc) is 3.30.